The molecular weight excluding hydrogens is 362 g/mol. The summed E-state index contributed by atoms with van der Waals surface area (Å²) in [5.74, 6) is -0.557. The van der Waals surface area contributed by atoms with E-state index in [1.54, 1.807) is 19.1 Å². The van der Waals surface area contributed by atoms with Crippen LogP contribution in [0.1, 0.15) is 16.1 Å². The van der Waals surface area contributed by atoms with Crippen LogP contribution in [0.15, 0.2) is 34.9 Å². The van der Waals surface area contributed by atoms with Crippen molar-refractivity contribution in [3.8, 4) is 0 Å². The molecule has 0 saturated heterocycles. The molecule has 0 atom stereocenters. The molecule has 1 amide bonds. The second-order valence-corrected chi connectivity index (χ2v) is 5.50. The van der Waals surface area contributed by atoms with E-state index in [1.165, 1.54) is 18.3 Å². The molecule has 0 saturated carbocycles. The van der Waals surface area contributed by atoms with E-state index in [0.29, 0.717) is 10.2 Å². The fraction of sp³-hybridized carbons (Fsp3) is 0.0769. The van der Waals surface area contributed by atoms with Crippen molar-refractivity contribution in [2.75, 3.05) is 5.32 Å². The van der Waals surface area contributed by atoms with Gasteiger partial charge in [-0.25, -0.2) is 0 Å². The van der Waals surface area contributed by atoms with Gasteiger partial charge in [0.25, 0.3) is 11.6 Å². The highest BCUT2D eigenvalue weighted by Crippen LogP contribution is 2.29. The molecule has 0 aliphatic carbocycles. The van der Waals surface area contributed by atoms with Gasteiger partial charge in [0.05, 0.1) is 15.5 Å². The zero-order valence-electron chi connectivity index (χ0n) is 10.8. The van der Waals surface area contributed by atoms with Crippen LogP contribution >= 0.6 is 27.5 Å². The van der Waals surface area contributed by atoms with Crippen LogP contribution < -0.4 is 5.32 Å². The number of hydrogen-bond acceptors (Lipinski definition) is 4. The Balaban J connectivity index is 2.34. The molecule has 0 fully saturated rings. The quantitative estimate of drug-likeness (QED) is 0.654. The van der Waals surface area contributed by atoms with Crippen LogP contribution in [0, 0.1) is 17.0 Å². The van der Waals surface area contributed by atoms with Gasteiger partial charge in [-0.05, 0) is 25.1 Å². The molecule has 0 aliphatic rings. The molecule has 2 aromatic rings. The predicted octanol–water partition coefficient (Wildman–Crippen LogP) is 3.97. The number of amides is 1. The lowest BCUT2D eigenvalue weighted by atomic mass is 10.2. The minimum atomic E-state index is -0.574. The Labute approximate surface area is 133 Å². The predicted molar refractivity (Wildman–Crippen MR) is 82.7 cm³/mol. The summed E-state index contributed by atoms with van der Waals surface area (Å²) in [5.41, 5.74) is 0.699. The third-order valence-electron chi connectivity index (χ3n) is 2.64. The summed E-state index contributed by atoms with van der Waals surface area (Å²) in [7, 11) is 0. The van der Waals surface area contributed by atoms with Crippen molar-refractivity contribution in [1.82, 2.24) is 4.98 Å². The molecule has 0 spiro atoms. The number of aromatic nitrogens is 1. The lowest BCUT2D eigenvalue weighted by molar-refractivity contribution is -0.384. The number of carbonyl (C=O) groups is 1. The maximum atomic E-state index is 12.1. The number of halogens is 2. The third-order valence-corrected chi connectivity index (χ3v) is 3.45. The Kier molecular flexibility index (Phi) is 4.54. The summed E-state index contributed by atoms with van der Waals surface area (Å²) in [4.78, 5) is 26.5. The first-order valence-electron chi connectivity index (χ1n) is 5.76. The molecule has 0 aliphatic heterocycles. The summed E-state index contributed by atoms with van der Waals surface area (Å²) >= 11 is 9.12. The van der Waals surface area contributed by atoms with Crippen LogP contribution in [0.3, 0.4) is 0 Å². The van der Waals surface area contributed by atoms with Crippen LogP contribution in [0.4, 0.5) is 11.4 Å². The topological polar surface area (TPSA) is 85.1 Å². The summed E-state index contributed by atoms with van der Waals surface area (Å²) in [6, 6.07) is 5.89. The number of nitro groups is 1. The number of aryl methyl sites for hydroxylation is 1. The second-order valence-electron chi connectivity index (χ2n) is 4.18. The number of pyridine rings is 1. The fourth-order valence-corrected chi connectivity index (χ4v) is 2.29. The number of nitrogens with one attached hydrogen (secondary N) is 1. The molecule has 1 aromatic carbocycles. The zero-order valence-corrected chi connectivity index (χ0v) is 13.1. The number of nitro benzene ring substituents is 1. The van der Waals surface area contributed by atoms with Crippen LogP contribution in [0.2, 0.25) is 5.02 Å². The van der Waals surface area contributed by atoms with Gasteiger partial charge < -0.3 is 5.32 Å². The fourth-order valence-electron chi connectivity index (χ4n) is 1.64. The van der Waals surface area contributed by atoms with Crippen molar-refractivity contribution in [2.45, 2.75) is 6.92 Å². The van der Waals surface area contributed by atoms with Crippen LogP contribution in [0.25, 0.3) is 0 Å². The van der Waals surface area contributed by atoms with Gasteiger partial charge in [0.1, 0.15) is 5.69 Å². The van der Waals surface area contributed by atoms with E-state index in [2.05, 4.69) is 26.2 Å². The standard InChI is InChI=1S/C13H9BrClN3O3/c1-7-4-10(15)9(6-16-7)13(19)17-11-3-2-8(14)5-12(11)18(20)21/h2-6H,1H3,(H,17,19). The van der Waals surface area contributed by atoms with Crippen molar-refractivity contribution in [3.63, 3.8) is 0 Å². The molecule has 1 N–H and O–H groups in total. The van der Waals surface area contributed by atoms with Gasteiger partial charge in [-0.1, -0.05) is 27.5 Å². The molecule has 1 heterocycles. The van der Waals surface area contributed by atoms with Crippen molar-refractivity contribution in [2.24, 2.45) is 0 Å². The normalized spacial score (nSPS) is 10.2. The first kappa shape index (κ1) is 15.4. The molecule has 2 rings (SSSR count). The maximum Gasteiger partial charge on any atom is 0.293 e. The summed E-state index contributed by atoms with van der Waals surface area (Å²) < 4.78 is 0.544. The molecule has 8 heteroatoms. The number of nitrogens with zero attached hydrogens (tertiary/aromatic N) is 2. The highest BCUT2D eigenvalue weighted by Gasteiger charge is 2.18. The van der Waals surface area contributed by atoms with Gasteiger partial charge >= 0.3 is 0 Å². The molecule has 21 heavy (non-hydrogen) atoms. The highest BCUT2D eigenvalue weighted by atomic mass is 79.9. The number of hydrogen-bond donors (Lipinski definition) is 1. The summed E-state index contributed by atoms with van der Waals surface area (Å²) in [6.07, 6.45) is 1.33. The van der Waals surface area contributed by atoms with Gasteiger partial charge in [-0.2, -0.15) is 0 Å². The molecule has 1 aromatic heterocycles. The van der Waals surface area contributed by atoms with Crippen molar-refractivity contribution < 1.29 is 9.72 Å². The van der Waals surface area contributed by atoms with Crippen LogP contribution in [0.5, 0.6) is 0 Å². The lowest BCUT2D eigenvalue weighted by Gasteiger charge is -2.07. The highest BCUT2D eigenvalue weighted by molar-refractivity contribution is 9.10. The van der Waals surface area contributed by atoms with Crippen molar-refractivity contribution >= 4 is 44.8 Å². The molecular formula is C13H9BrClN3O3. The molecule has 0 radical (unpaired) electrons. The lowest BCUT2D eigenvalue weighted by Crippen LogP contribution is -2.14. The van der Waals surface area contributed by atoms with E-state index >= 15 is 0 Å². The number of rotatable bonds is 3. The number of benzene rings is 1. The van der Waals surface area contributed by atoms with Crippen molar-refractivity contribution in [3.05, 3.63) is 61.3 Å². The smallest absolute Gasteiger partial charge is 0.293 e. The minimum Gasteiger partial charge on any atom is -0.316 e. The Morgan fingerprint density at radius 2 is 2.14 bits per heavy atom. The largest absolute Gasteiger partial charge is 0.316 e. The third kappa shape index (κ3) is 3.56. The SMILES string of the molecule is Cc1cc(Cl)c(C(=O)Nc2ccc(Br)cc2[N+](=O)[O-])cn1. The van der Waals surface area contributed by atoms with E-state index < -0.39 is 10.8 Å². The summed E-state index contributed by atoms with van der Waals surface area (Å²) in [6.45, 7) is 1.74. The van der Waals surface area contributed by atoms with E-state index in [-0.39, 0.29) is 22.0 Å². The van der Waals surface area contributed by atoms with Gasteiger partial charge in [0.2, 0.25) is 0 Å². The average molecular weight is 371 g/mol. The molecule has 0 unspecified atom stereocenters. The van der Waals surface area contributed by atoms with E-state index in [0.717, 1.165) is 0 Å². The first-order chi connectivity index (χ1) is 9.88. The molecule has 108 valence electrons. The average Bonchev–Trinajstić information content (AvgIpc) is 2.40. The minimum absolute atomic E-state index is 0.0878. The Hall–Kier alpha value is -1.99. The van der Waals surface area contributed by atoms with Crippen molar-refractivity contribution in [1.29, 1.82) is 0 Å². The van der Waals surface area contributed by atoms with Gasteiger partial charge in [0.15, 0.2) is 0 Å². The monoisotopic (exact) mass is 369 g/mol. The van der Waals surface area contributed by atoms with Crippen LogP contribution in [-0.2, 0) is 0 Å². The van der Waals surface area contributed by atoms with E-state index in [4.69, 9.17) is 11.6 Å². The number of anilines is 1. The summed E-state index contributed by atoms with van der Waals surface area (Å²) in [5, 5.41) is 13.7. The number of carbonyl (C=O) groups excluding carboxylic acids is 1. The van der Waals surface area contributed by atoms with Gasteiger partial charge in [-0.3, -0.25) is 19.9 Å². The Morgan fingerprint density at radius 3 is 2.76 bits per heavy atom. The van der Waals surface area contributed by atoms with Gasteiger partial charge in [0, 0.05) is 22.4 Å². The first-order valence-corrected chi connectivity index (χ1v) is 6.93. The Bertz CT molecular complexity index is 737. The van der Waals surface area contributed by atoms with E-state index in [9.17, 15) is 14.9 Å². The Morgan fingerprint density at radius 1 is 1.43 bits per heavy atom. The van der Waals surface area contributed by atoms with Gasteiger partial charge in [-0.15, -0.1) is 0 Å². The molecule has 6 nitrogen and oxygen atoms in total. The van der Waals surface area contributed by atoms with E-state index in [1.807, 2.05) is 0 Å². The second kappa shape index (κ2) is 6.19. The maximum absolute atomic E-state index is 12.1. The molecule has 0 bridgehead atoms. The zero-order chi connectivity index (χ0) is 15.6. The van der Waals surface area contributed by atoms with Crippen LogP contribution in [-0.4, -0.2) is 15.8 Å².